The molecule has 0 aromatic heterocycles. The van der Waals surface area contributed by atoms with E-state index in [1.807, 2.05) is 0 Å². The van der Waals surface area contributed by atoms with Crippen LogP contribution in [0.15, 0.2) is 48.5 Å². The van der Waals surface area contributed by atoms with Gasteiger partial charge in [0.1, 0.15) is 0 Å². The van der Waals surface area contributed by atoms with Crippen LogP contribution in [0.2, 0.25) is 0 Å². The maximum Gasteiger partial charge on any atom is 0.418 e. The zero-order valence-corrected chi connectivity index (χ0v) is 15.1. The zero-order chi connectivity index (χ0) is 20.6. The van der Waals surface area contributed by atoms with E-state index in [4.69, 9.17) is 4.74 Å². The normalized spacial score (nSPS) is 11.0. The zero-order valence-electron chi connectivity index (χ0n) is 15.1. The Bertz CT molecular complexity index is 811. The van der Waals surface area contributed by atoms with Crippen molar-refractivity contribution in [1.29, 1.82) is 0 Å². The number of hydrogen-bond acceptors (Lipinski definition) is 3. The first-order valence-electron chi connectivity index (χ1n) is 8.42. The fraction of sp³-hybridized carbons (Fsp3) is 0.263. The lowest BCUT2D eigenvalue weighted by molar-refractivity contribution is -0.136. The van der Waals surface area contributed by atoms with E-state index < -0.39 is 29.4 Å². The third kappa shape index (κ3) is 6.27. The Labute approximate surface area is 160 Å². The summed E-state index contributed by atoms with van der Waals surface area (Å²) in [6.45, 7) is 0.677. The molecule has 2 rings (SSSR count). The number of amides is 3. The molecule has 3 N–H and O–H groups in total. The van der Waals surface area contributed by atoms with Gasteiger partial charge in [-0.1, -0.05) is 18.2 Å². The largest absolute Gasteiger partial charge is 0.418 e. The molecule has 0 unspecified atom stereocenters. The summed E-state index contributed by atoms with van der Waals surface area (Å²) in [5.41, 5.74) is -1.19. The second-order valence-electron chi connectivity index (χ2n) is 5.81. The number of ether oxygens (including phenoxy) is 1. The number of rotatable bonds is 7. The van der Waals surface area contributed by atoms with Gasteiger partial charge in [0.15, 0.2) is 0 Å². The van der Waals surface area contributed by atoms with Crippen molar-refractivity contribution >= 4 is 23.3 Å². The van der Waals surface area contributed by atoms with Gasteiger partial charge in [0.25, 0.3) is 5.91 Å². The van der Waals surface area contributed by atoms with Crippen LogP contribution in [-0.4, -0.2) is 32.2 Å². The van der Waals surface area contributed by atoms with E-state index in [9.17, 15) is 22.8 Å². The van der Waals surface area contributed by atoms with Crippen molar-refractivity contribution in [3.05, 3.63) is 59.7 Å². The maximum absolute atomic E-state index is 13.4. The average Bonchev–Trinajstić information content (AvgIpc) is 2.66. The highest BCUT2D eigenvalue weighted by Crippen LogP contribution is 2.36. The molecule has 0 saturated carbocycles. The number of hydrogen-bond donors (Lipinski definition) is 3. The first-order valence-corrected chi connectivity index (χ1v) is 8.42. The highest BCUT2D eigenvalue weighted by Gasteiger charge is 2.34. The number of halogens is 3. The second kappa shape index (κ2) is 9.75. The molecule has 0 aliphatic rings. The minimum absolute atomic E-state index is 0.0350. The van der Waals surface area contributed by atoms with Crippen LogP contribution in [0.4, 0.5) is 29.3 Å². The fourth-order valence-corrected chi connectivity index (χ4v) is 2.34. The molecule has 0 aliphatic carbocycles. The molecule has 0 spiro atoms. The number of anilines is 2. The van der Waals surface area contributed by atoms with E-state index >= 15 is 0 Å². The molecule has 0 radical (unpaired) electrons. The molecule has 0 heterocycles. The number of carbonyl (C=O) groups excluding carboxylic acids is 2. The van der Waals surface area contributed by atoms with Gasteiger partial charge in [0.2, 0.25) is 0 Å². The fourth-order valence-electron chi connectivity index (χ4n) is 2.34. The first-order chi connectivity index (χ1) is 13.3. The van der Waals surface area contributed by atoms with E-state index in [-0.39, 0.29) is 12.2 Å². The maximum atomic E-state index is 13.4. The van der Waals surface area contributed by atoms with E-state index in [1.54, 1.807) is 30.3 Å². The molecule has 9 heteroatoms. The van der Waals surface area contributed by atoms with Gasteiger partial charge in [-0.15, -0.1) is 0 Å². The number of urea groups is 1. The van der Waals surface area contributed by atoms with Crippen LogP contribution in [0.25, 0.3) is 0 Å². The third-order valence-corrected chi connectivity index (χ3v) is 3.68. The molecular formula is C19H20F3N3O3. The lowest BCUT2D eigenvalue weighted by atomic mass is 10.1. The summed E-state index contributed by atoms with van der Waals surface area (Å²) in [5, 5.41) is 7.05. The summed E-state index contributed by atoms with van der Waals surface area (Å²) in [6, 6.07) is 10.5. The van der Waals surface area contributed by atoms with E-state index in [0.717, 1.165) is 12.1 Å². The van der Waals surface area contributed by atoms with Crippen molar-refractivity contribution in [2.24, 2.45) is 0 Å². The minimum atomic E-state index is -4.72. The third-order valence-electron chi connectivity index (χ3n) is 3.68. The highest BCUT2D eigenvalue weighted by molar-refractivity contribution is 6.04. The summed E-state index contributed by atoms with van der Waals surface area (Å²) >= 11 is 0. The van der Waals surface area contributed by atoms with Crippen LogP contribution in [0.1, 0.15) is 22.3 Å². The van der Waals surface area contributed by atoms with E-state index in [2.05, 4.69) is 16.0 Å². The van der Waals surface area contributed by atoms with Crippen LogP contribution < -0.4 is 16.0 Å². The molecule has 28 heavy (non-hydrogen) atoms. The molecule has 0 aliphatic heterocycles. The van der Waals surface area contributed by atoms with Gasteiger partial charge in [-0.05, 0) is 36.8 Å². The number of nitrogens with one attached hydrogen (secondary N) is 3. The summed E-state index contributed by atoms with van der Waals surface area (Å²) in [6.07, 6.45) is -4.19. The average molecular weight is 395 g/mol. The van der Waals surface area contributed by atoms with Gasteiger partial charge < -0.3 is 20.7 Å². The SMILES string of the molecule is COCCCNC(=O)Nc1ccc(NC(=O)c2ccccc2)cc1C(F)(F)F. The Balaban J connectivity index is 2.12. The quantitative estimate of drug-likeness (QED) is 0.617. The Morgan fingerprint density at radius 1 is 1.04 bits per heavy atom. The Morgan fingerprint density at radius 3 is 2.39 bits per heavy atom. The number of benzene rings is 2. The molecule has 0 saturated heterocycles. The highest BCUT2D eigenvalue weighted by atomic mass is 19.4. The van der Waals surface area contributed by atoms with Crippen LogP contribution >= 0.6 is 0 Å². The summed E-state index contributed by atoms with van der Waals surface area (Å²) < 4.78 is 45.0. The van der Waals surface area contributed by atoms with Crippen LogP contribution in [0.3, 0.4) is 0 Å². The lowest BCUT2D eigenvalue weighted by Crippen LogP contribution is -2.31. The van der Waals surface area contributed by atoms with Gasteiger partial charge in [-0.3, -0.25) is 4.79 Å². The van der Waals surface area contributed by atoms with Crippen LogP contribution in [-0.2, 0) is 10.9 Å². The van der Waals surface area contributed by atoms with Crippen molar-refractivity contribution in [3.63, 3.8) is 0 Å². The van der Waals surface area contributed by atoms with Gasteiger partial charge in [0, 0.05) is 31.5 Å². The van der Waals surface area contributed by atoms with Gasteiger partial charge in [-0.25, -0.2) is 4.79 Å². The first kappa shape index (κ1) is 21.2. The molecule has 0 fully saturated rings. The van der Waals surface area contributed by atoms with Gasteiger partial charge in [-0.2, -0.15) is 13.2 Å². The van der Waals surface area contributed by atoms with Crippen LogP contribution in [0.5, 0.6) is 0 Å². The van der Waals surface area contributed by atoms with Crippen molar-refractivity contribution in [1.82, 2.24) is 5.32 Å². The number of methoxy groups -OCH3 is 1. The van der Waals surface area contributed by atoms with Gasteiger partial charge >= 0.3 is 12.2 Å². The predicted molar refractivity (Wildman–Crippen MR) is 99.4 cm³/mol. The molecular weight excluding hydrogens is 375 g/mol. The Morgan fingerprint density at radius 2 is 1.75 bits per heavy atom. The number of carbonyl (C=O) groups is 2. The van der Waals surface area contributed by atoms with E-state index in [1.165, 1.54) is 13.2 Å². The van der Waals surface area contributed by atoms with Crippen molar-refractivity contribution < 1.29 is 27.5 Å². The molecule has 2 aromatic carbocycles. The summed E-state index contributed by atoms with van der Waals surface area (Å²) in [7, 11) is 1.51. The summed E-state index contributed by atoms with van der Waals surface area (Å²) in [5.74, 6) is -0.537. The Kier molecular flexibility index (Phi) is 7.39. The second-order valence-corrected chi connectivity index (χ2v) is 5.81. The van der Waals surface area contributed by atoms with Crippen LogP contribution in [0, 0.1) is 0 Å². The Hall–Kier alpha value is -3.07. The summed E-state index contributed by atoms with van der Waals surface area (Å²) in [4.78, 5) is 23.9. The lowest BCUT2D eigenvalue weighted by Gasteiger charge is -2.16. The minimum Gasteiger partial charge on any atom is -0.385 e. The van der Waals surface area contributed by atoms with Crippen molar-refractivity contribution in [3.8, 4) is 0 Å². The predicted octanol–water partition coefficient (Wildman–Crippen LogP) is 4.12. The smallest absolute Gasteiger partial charge is 0.385 e. The molecule has 6 nitrogen and oxygen atoms in total. The van der Waals surface area contributed by atoms with Crippen molar-refractivity contribution in [2.75, 3.05) is 30.9 Å². The molecule has 2 aromatic rings. The number of alkyl halides is 3. The topological polar surface area (TPSA) is 79.5 Å². The van der Waals surface area contributed by atoms with E-state index in [0.29, 0.717) is 18.6 Å². The molecule has 3 amide bonds. The van der Waals surface area contributed by atoms with Crippen molar-refractivity contribution in [2.45, 2.75) is 12.6 Å². The monoisotopic (exact) mass is 395 g/mol. The van der Waals surface area contributed by atoms with Gasteiger partial charge in [0.05, 0.1) is 11.3 Å². The molecule has 0 bridgehead atoms. The molecule has 0 atom stereocenters. The standard InChI is InChI=1S/C19H20F3N3O3/c1-28-11-5-10-23-18(27)25-16-9-8-14(12-15(16)19(20,21)22)24-17(26)13-6-3-2-4-7-13/h2-4,6-9,12H,5,10-11H2,1H3,(H,24,26)(H2,23,25,27). The molecule has 150 valence electrons.